The van der Waals surface area contributed by atoms with Gasteiger partial charge in [0.05, 0.1) is 12.2 Å². The molecular formula is C15H29N5. The van der Waals surface area contributed by atoms with Crippen molar-refractivity contribution in [1.82, 2.24) is 25.2 Å². The maximum Gasteiger partial charge on any atom is 0.0964 e. The van der Waals surface area contributed by atoms with E-state index in [0.717, 1.165) is 37.3 Å². The normalized spacial score (nSPS) is 23.4. The van der Waals surface area contributed by atoms with Crippen molar-refractivity contribution in [3.8, 4) is 0 Å². The molecule has 1 aliphatic rings. The third kappa shape index (κ3) is 4.28. The highest BCUT2D eigenvalue weighted by Crippen LogP contribution is 2.28. The van der Waals surface area contributed by atoms with E-state index in [0.29, 0.717) is 0 Å². The van der Waals surface area contributed by atoms with Crippen molar-refractivity contribution in [2.24, 2.45) is 5.92 Å². The van der Waals surface area contributed by atoms with Crippen LogP contribution in [0.5, 0.6) is 0 Å². The van der Waals surface area contributed by atoms with Crippen LogP contribution in [0.15, 0.2) is 6.20 Å². The maximum absolute atomic E-state index is 4.18. The first-order chi connectivity index (χ1) is 9.72. The molecule has 1 aromatic rings. The minimum atomic E-state index is 0.762. The quantitative estimate of drug-likeness (QED) is 0.828. The summed E-state index contributed by atoms with van der Waals surface area (Å²) in [5.74, 6) is 0.971. The van der Waals surface area contributed by atoms with Gasteiger partial charge in [-0.05, 0) is 45.7 Å². The Bertz CT molecular complexity index is 381. The van der Waals surface area contributed by atoms with Gasteiger partial charge in [-0.2, -0.15) is 0 Å². The summed E-state index contributed by atoms with van der Waals surface area (Å²) in [7, 11) is 4.18. The van der Waals surface area contributed by atoms with Crippen molar-refractivity contribution >= 4 is 0 Å². The van der Waals surface area contributed by atoms with Crippen LogP contribution in [0.25, 0.3) is 0 Å². The molecule has 0 atom stereocenters. The molecule has 1 aliphatic carbocycles. The highest BCUT2D eigenvalue weighted by Gasteiger charge is 2.22. The fourth-order valence-electron chi connectivity index (χ4n) is 3.15. The highest BCUT2D eigenvalue weighted by atomic mass is 15.4. The molecule has 0 radical (unpaired) electrons. The first-order valence-corrected chi connectivity index (χ1v) is 7.96. The Kier molecular flexibility index (Phi) is 5.98. The van der Waals surface area contributed by atoms with Crippen LogP contribution in [0.1, 0.15) is 44.7 Å². The smallest absolute Gasteiger partial charge is 0.0964 e. The summed E-state index contributed by atoms with van der Waals surface area (Å²) in [4.78, 5) is 2.51. The average molecular weight is 279 g/mol. The minimum absolute atomic E-state index is 0.762. The predicted octanol–water partition coefficient (Wildman–Crippen LogP) is 1.90. The van der Waals surface area contributed by atoms with E-state index < -0.39 is 0 Å². The lowest BCUT2D eigenvalue weighted by Crippen LogP contribution is -2.37. The van der Waals surface area contributed by atoms with Crippen molar-refractivity contribution in [1.29, 1.82) is 0 Å². The summed E-state index contributed by atoms with van der Waals surface area (Å²) < 4.78 is 1.96. The fourth-order valence-corrected chi connectivity index (χ4v) is 3.15. The predicted molar refractivity (Wildman–Crippen MR) is 81.5 cm³/mol. The van der Waals surface area contributed by atoms with Crippen LogP contribution in [0.2, 0.25) is 0 Å². The molecule has 5 heteroatoms. The first kappa shape index (κ1) is 15.4. The lowest BCUT2D eigenvalue weighted by atomic mass is 9.84. The maximum atomic E-state index is 4.18. The Morgan fingerprint density at radius 1 is 1.35 bits per heavy atom. The molecule has 20 heavy (non-hydrogen) atoms. The van der Waals surface area contributed by atoms with Crippen molar-refractivity contribution in [3.63, 3.8) is 0 Å². The second kappa shape index (κ2) is 7.74. The van der Waals surface area contributed by atoms with Crippen LogP contribution < -0.4 is 5.32 Å². The Hall–Kier alpha value is -0.940. The second-order valence-electron chi connectivity index (χ2n) is 6.07. The molecule has 0 amide bonds. The number of aromatic nitrogens is 3. The zero-order valence-corrected chi connectivity index (χ0v) is 13.2. The van der Waals surface area contributed by atoms with Gasteiger partial charge in [-0.15, -0.1) is 5.10 Å². The summed E-state index contributed by atoms with van der Waals surface area (Å²) in [6.07, 6.45) is 8.92. The minimum Gasteiger partial charge on any atom is -0.314 e. The second-order valence-corrected chi connectivity index (χ2v) is 6.07. The third-order valence-electron chi connectivity index (χ3n) is 4.64. The van der Waals surface area contributed by atoms with Gasteiger partial charge in [-0.25, -0.2) is 0 Å². The van der Waals surface area contributed by atoms with Crippen LogP contribution in [-0.4, -0.2) is 46.6 Å². The number of nitrogens with one attached hydrogen (secondary N) is 1. The molecule has 0 bridgehead atoms. The standard InChI is InChI=1S/C15H29N5/c1-4-13-5-7-15(8-6-13)19(3)9-10-20-12-14(11-16-2)17-18-20/h12-13,15-16H,4-11H2,1-3H3. The van der Waals surface area contributed by atoms with Crippen LogP contribution in [-0.2, 0) is 13.1 Å². The molecule has 114 valence electrons. The molecule has 1 fully saturated rings. The van der Waals surface area contributed by atoms with E-state index in [4.69, 9.17) is 0 Å². The molecule has 1 heterocycles. The molecule has 0 aromatic carbocycles. The number of hydrogen-bond donors (Lipinski definition) is 1. The van der Waals surface area contributed by atoms with Gasteiger partial charge in [0, 0.05) is 25.3 Å². The largest absolute Gasteiger partial charge is 0.314 e. The molecular weight excluding hydrogens is 250 g/mol. The number of rotatable bonds is 7. The van der Waals surface area contributed by atoms with Gasteiger partial charge >= 0.3 is 0 Å². The van der Waals surface area contributed by atoms with Crippen molar-refractivity contribution < 1.29 is 0 Å². The van der Waals surface area contributed by atoms with Gasteiger partial charge in [0.15, 0.2) is 0 Å². The van der Waals surface area contributed by atoms with E-state index in [1.54, 1.807) is 0 Å². The molecule has 1 aromatic heterocycles. The molecule has 5 nitrogen and oxygen atoms in total. The Balaban J connectivity index is 1.72. The zero-order valence-electron chi connectivity index (χ0n) is 13.2. The summed E-state index contributed by atoms with van der Waals surface area (Å²) in [5.41, 5.74) is 1.01. The molecule has 1 saturated carbocycles. The lowest BCUT2D eigenvalue weighted by molar-refractivity contribution is 0.157. The third-order valence-corrected chi connectivity index (χ3v) is 4.64. The Morgan fingerprint density at radius 3 is 2.75 bits per heavy atom. The van der Waals surface area contributed by atoms with Gasteiger partial charge < -0.3 is 10.2 Å². The van der Waals surface area contributed by atoms with Gasteiger partial charge in [0.2, 0.25) is 0 Å². The monoisotopic (exact) mass is 279 g/mol. The van der Waals surface area contributed by atoms with E-state index in [9.17, 15) is 0 Å². The molecule has 0 aliphatic heterocycles. The van der Waals surface area contributed by atoms with Crippen LogP contribution in [0.3, 0.4) is 0 Å². The van der Waals surface area contributed by atoms with Gasteiger partial charge in [0.25, 0.3) is 0 Å². The van der Waals surface area contributed by atoms with Gasteiger partial charge in [0.1, 0.15) is 0 Å². The summed E-state index contributed by atoms with van der Waals surface area (Å²) in [5, 5.41) is 11.4. The molecule has 0 saturated heterocycles. The van der Waals surface area contributed by atoms with Crippen LogP contribution in [0, 0.1) is 5.92 Å². The lowest BCUT2D eigenvalue weighted by Gasteiger charge is -2.34. The summed E-state index contributed by atoms with van der Waals surface area (Å²) in [6.45, 7) is 5.10. The summed E-state index contributed by atoms with van der Waals surface area (Å²) in [6, 6.07) is 0.762. The van der Waals surface area contributed by atoms with Gasteiger partial charge in [-0.3, -0.25) is 4.68 Å². The van der Waals surface area contributed by atoms with Gasteiger partial charge in [-0.1, -0.05) is 18.6 Å². The van der Waals surface area contributed by atoms with Crippen LogP contribution in [0.4, 0.5) is 0 Å². The van der Waals surface area contributed by atoms with E-state index >= 15 is 0 Å². The zero-order chi connectivity index (χ0) is 14.4. The average Bonchev–Trinajstić information content (AvgIpc) is 2.93. The Morgan fingerprint density at radius 2 is 2.10 bits per heavy atom. The number of hydrogen-bond acceptors (Lipinski definition) is 4. The molecule has 0 spiro atoms. The van der Waals surface area contributed by atoms with E-state index in [2.05, 4.69) is 34.5 Å². The van der Waals surface area contributed by atoms with E-state index in [1.165, 1.54) is 32.1 Å². The van der Waals surface area contributed by atoms with Crippen LogP contribution >= 0.6 is 0 Å². The first-order valence-electron chi connectivity index (χ1n) is 7.96. The molecule has 2 rings (SSSR count). The van der Waals surface area contributed by atoms with Crippen molar-refractivity contribution in [2.45, 2.75) is 58.2 Å². The number of likely N-dealkylation sites (N-methyl/N-ethyl adjacent to an activating group) is 1. The topological polar surface area (TPSA) is 46.0 Å². The van der Waals surface area contributed by atoms with Crippen molar-refractivity contribution in [2.75, 3.05) is 20.6 Å². The molecule has 0 unspecified atom stereocenters. The Labute approximate surface area is 122 Å². The highest BCUT2D eigenvalue weighted by molar-refractivity contribution is 4.91. The number of nitrogens with zero attached hydrogens (tertiary/aromatic N) is 4. The fraction of sp³-hybridized carbons (Fsp3) is 0.867. The molecule has 1 N–H and O–H groups in total. The van der Waals surface area contributed by atoms with E-state index in [1.807, 2.05) is 17.9 Å². The van der Waals surface area contributed by atoms with E-state index in [-0.39, 0.29) is 0 Å². The summed E-state index contributed by atoms with van der Waals surface area (Å²) >= 11 is 0. The van der Waals surface area contributed by atoms with Crippen molar-refractivity contribution in [3.05, 3.63) is 11.9 Å². The SMILES string of the molecule is CCC1CCC(N(C)CCn2cc(CNC)nn2)CC1.